The van der Waals surface area contributed by atoms with E-state index in [4.69, 9.17) is 4.74 Å². The molecule has 3 aliphatic rings. The summed E-state index contributed by atoms with van der Waals surface area (Å²) < 4.78 is 5.68. The van der Waals surface area contributed by atoms with Crippen LogP contribution in [0.25, 0.3) is 0 Å². The fraction of sp³-hybridized carbons (Fsp3) is 0.500. The number of para-hydroxylation sites is 1. The molecule has 2 aliphatic carbocycles. The van der Waals surface area contributed by atoms with E-state index in [1.807, 2.05) is 24.3 Å². The average molecular weight is 303 g/mol. The first-order valence-electron chi connectivity index (χ1n) is 7.45. The van der Waals surface area contributed by atoms with E-state index in [1.165, 1.54) is 24.6 Å². The number of thioether (sulfide) groups is 1. The fourth-order valence-corrected chi connectivity index (χ4v) is 4.07. The van der Waals surface area contributed by atoms with Crippen molar-refractivity contribution in [2.75, 3.05) is 5.32 Å². The van der Waals surface area contributed by atoms with Gasteiger partial charge < -0.3 is 10.1 Å². The maximum Gasteiger partial charge on any atom is 0.308 e. The second-order valence-corrected chi connectivity index (χ2v) is 7.35. The van der Waals surface area contributed by atoms with Crippen LogP contribution in [-0.4, -0.2) is 22.7 Å². The molecule has 1 aromatic rings. The summed E-state index contributed by atoms with van der Waals surface area (Å²) in [6.07, 6.45) is 4.50. The van der Waals surface area contributed by atoms with Crippen molar-refractivity contribution in [2.45, 2.75) is 47.9 Å². The van der Waals surface area contributed by atoms with Crippen molar-refractivity contribution in [1.82, 2.24) is 0 Å². The van der Waals surface area contributed by atoms with E-state index in [0.717, 1.165) is 23.4 Å². The van der Waals surface area contributed by atoms with Crippen molar-refractivity contribution in [3.05, 3.63) is 24.3 Å². The molecule has 0 radical (unpaired) electrons. The summed E-state index contributed by atoms with van der Waals surface area (Å²) in [6.45, 7) is 0. The third kappa shape index (κ3) is 2.55. The van der Waals surface area contributed by atoms with Crippen LogP contribution >= 0.6 is 11.8 Å². The highest BCUT2D eigenvalue weighted by Crippen LogP contribution is 2.56. The Labute approximate surface area is 127 Å². The van der Waals surface area contributed by atoms with Crippen molar-refractivity contribution < 1.29 is 14.3 Å². The van der Waals surface area contributed by atoms with Crippen molar-refractivity contribution in [1.29, 1.82) is 0 Å². The first-order chi connectivity index (χ1) is 10.2. The number of carbonyl (C=O) groups is 2. The number of hydrogen-bond acceptors (Lipinski definition) is 4. The number of carbonyl (C=O) groups excluding carboxylic acids is 2. The number of nitrogens with one attached hydrogen (secondary N) is 1. The monoisotopic (exact) mass is 303 g/mol. The van der Waals surface area contributed by atoms with Crippen LogP contribution in [0, 0.1) is 5.92 Å². The summed E-state index contributed by atoms with van der Waals surface area (Å²) in [5, 5.41) is 2.47. The first-order valence-corrected chi connectivity index (χ1v) is 8.33. The molecule has 0 unspecified atom stereocenters. The topological polar surface area (TPSA) is 55.4 Å². The molecule has 0 spiro atoms. The van der Waals surface area contributed by atoms with Gasteiger partial charge in [-0.3, -0.25) is 9.59 Å². The predicted molar refractivity (Wildman–Crippen MR) is 80.1 cm³/mol. The van der Waals surface area contributed by atoms with E-state index in [9.17, 15) is 9.59 Å². The first kappa shape index (κ1) is 13.2. The van der Waals surface area contributed by atoms with Crippen molar-refractivity contribution in [3.63, 3.8) is 0 Å². The third-order valence-electron chi connectivity index (χ3n) is 4.44. The number of esters is 1. The second-order valence-electron chi connectivity index (χ2n) is 6.11. The molecule has 1 N–H and O–H groups in total. The van der Waals surface area contributed by atoms with E-state index in [1.54, 1.807) is 0 Å². The minimum Gasteiger partial charge on any atom is -0.459 e. The van der Waals surface area contributed by atoms with Gasteiger partial charge in [0.05, 0.1) is 17.4 Å². The molecule has 110 valence electrons. The Bertz CT molecular complexity index is 607. The second kappa shape index (κ2) is 4.77. The molecule has 21 heavy (non-hydrogen) atoms. The highest BCUT2D eigenvalue weighted by molar-refractivity contribution is 8.01. The highest BCUT2D eigenvalue weighted by Gasteiger charge is 2.57. The Morgan fingerprint density at radius 1 is 1.33 bits per heavy atom. The Balaban J connectivity index is 1.40. The largest absolute Gasteiger partial charge is 0.459 e. The summed E-state index contributed by atoms with van der Waals surface area (Å²) in [6, 6.07) is 7.66. The van der Waals surface area contributed by atoms with E-state index in [2.05, 4.69) is 5.32 Å². The quantitative estimate of drug-likeness (QED) is 0.869. The van der Waals surface area contributed by atoms with Gasteiger partial charge in [-0.15, -0.1) is 11.8 Å². The van der Waals surface area contributed by atoms with Crippen LogP contribution in [0.5, 0.6) is 0 Å². The molecule has 0 saturated heterocycles. The molecule has 2 saturated carbocycles. The standard InChI is InChI=1S/C16H17NO3S/c18-14(20-16(7-8-16)10-5-6-10)9-13-15(19)17-11-3-1-2-4-12(11)21-13/h1-4,10,13H,5-9H2,(H,17,19)/t13-/m0/s1. The van der Waals surface area contributed by atoms with Crippen LogP contribution in [0.15, 0.2) is 29.2 Å². The van der Waals surface area contributed by atoms with Gasteiger partial charge in [-0.25, -0.2) is 0 Å². The molecular formula is C16H17NO3S. The van der Waals surface area contributed by atoms with Gasteiger partial charge in [0, 0.05) is 4.90 Å². The summed E-state index contributed by atoms with van der Waals surface area (Å²) in [5.74, 6) is 0.244. The minimum absolute atomic E-state index is 0.105. The van der Waals surface area contributed by atoms with E-state index in [0.29, 0.717) is 5.92 Å². The maximum atomic E-state index is 12.1. The molecule has 2 fully saturated rings. The zero-order valence-corrected chi connectivity index (χ0v) is 12.4. The lowest BCUT2D eigenvalue weighted by Crippen LogP contribution is -2.33. The molecule has 0 bridgehead atoms. The van der Waals surface area contributed by atoms with E-state index >= 15 is 0 Å². The van der Waals surface area contributed by atoms with Crippen LogP contribution in [0.1, 0.15) is 32.1 Å². The molecule has 1 heterocycles. The van der Waals surface area contributed by atoms with Crippen molar-refractivity contribution in [2.24, 2.45) is 5.92 Å². The Morgan fingerprint density at radius 2 is 2.10 bits per heavy atom. The van der Waals surface area contributed by atoms with Gasteiger partial charge in [-0.05, 0) is 43.7 Å². The van der Waals surface area contributed by atoms with Gasteiger partial charge in [0.2, 0.25) is 5.91 Å². The smallest absolute Gasteiger partial charge is 0.308 e. The van der Waals surface area contributed by atoms with Gasteiger partial charge in [0.25, 0.3) is 0 Å². The van der Waals surface area contributed by atoms with Crippen LogP contribution < -0.4 is 5.32 Å². The van der Waals surface area contributed by atoms with Gasteiger partial charge in [0.1, 0.15) is 5.60 Å². The van der Waals surface area contributed by atoms with Gasteiger partial charge in [-0.1, -0.05) is 12.1 Å². The van der Waals surface area contributed by atoms with Crippen molar-refractivity contribution >= 4 is 29.3 Å². The number of fused-ring (bicyclic) bond motifs is 1. The molecule has 4 rings (SSSR count). The Hall–Kier alpha value is -1.49. The molecule has 0 aromatic heterocycles. The summed E-state index contributed by atoms with van der Waals surface area (Å²) in [4.78, 5) is 25.2. The number of benzene rings is 1. The molecule has 1 atom stereocenters. The number of rotatable bonds is 4. The molecule has 1 aliphatic heterocycles. The summed E-state index contributed by atoms with van der Waals surface area (Å²) >= 11 is 1.45. The van der Waals surface area contributed by atoms with E-state index < -0.39 is 0 Å². The molecular weight excluding hydrogens is 286 g/mol. The predicted octanol–water partition coefficient (Wildman–Crippen LogP) is 2.98. The van der Waals surface area contributed by atoms with Crippen LogP contribution in [0.3, 0.4) is 0 Å². The van der Waals surface area contributed by atoms with E-state index in [-0.39, 0.29) is 29.1 Å². The lowest BCUT2D eigenvalue weighted by Gasteiger charge is -2.24. The Kier molecular flexibility index (Phi) is 2.99. The molecule has 1 amide bonds. The summed E-state index contributed by atoms with van der Waals surface area (Å²) in [5.41, 5.74) is 0.666. The van der Waals surface area contributed by atoms with Crippen LogP contribution in [-0.2, 0) is 14.3 Å². The van der Waals surface area contributed by atoms with Crippen molar-refractivity contribution in [3.8, 4) is 0 Å². The minimum atomic E-state index is -0.387. The number of amides is 1. The van der Waals surface area contributed by atoms with Crippen LogP contribution in [0.2, 0.25) is 0 Å². The summed E-state index contributed by atoms with van der Waals surface area (Å²) in [7, 11) is 0. The molecule has 1 aromatic carbocycles. The normalized spacial score (nSPS) is 25.7. The average Bonchev–Trinajstić information content (AvgIpc) is 3.33. The SMILES string of the molecule is O=C(C[C@@H]1Sc2ccccc2NC1=O)OC1(C2CC2)CC1. The zero-order valence-electron chi connectivity index (χ0n) is 11.6. The van der Waals surface area contributed by atoms with Gasteiger partial charge >= 0.3 is 5.97 Å². The third-order valence-corrected chi connectivity index (χ3v) is 5.72. The molecule has 4 nitrogen and oxygen atoms in total. The zero-order chi connectivity index (χ0) is 14.4. The molecule has 5 heteroatoms. The van der Waals surface area contributed by atoms with Crippen LogP contribution in [0.4, 0.5) is 5.69 Å². The number of hydrogen-bond donors (Lipinski definition) is 1. The number of anilines is 1. The highest BCUT2D eigenvalue weighted by atomic mass is 32.2. The lowest BCUT2D eigenvalue weighted by molar-refractivity contribution is -0.153. The Morgan fingerprint density at radius 3 is 2.81 bits per heavy atom. The fourth-order valence-electron chi connectivity index (χ4n) is 2.97. The maximum absolute atomic E-state index is 12.1. The lowest BCUT2D eigenvalue weighted by atomic mass is 10.2. The van der Waals surface area contributed by atoms with Gasteiger partial charge in [-0.2, -0.15) is 0 Å². The number of ether oxygens (including phenoxy) is 1. The van der Waals surface area contributed by atoms with Gasteiger partial charge in [0.15, 0.2) is 0 Å².